The lowest BCUT2D eigenvalue weighted by atomic mass is 9.75. The highest BCUT2D eigenvalue weighted by Crippen LogP contribution is 2.41. The van der Waals surface area contributed by atoms with E-state index < -0.39 is 11.8 Å². The topological polar surface area (TPSA) is 84.1 Å². The summed E-state index contributed by atoms with van der Waals surface area (Å²) in [5.74, 6) is 0.0485. The molecule has 2 heterocycles. The van der Waals surface area contributed by atoms with Crippen LogP contribution in [0.5, 0.6) is 0 Å². The molecule has 2 aliphatic rings. The molecule has 1 spiro atoms. The Labute approximate surface area is 134 Å². The number of amides is 1. The summed E-state index contributed by atoms with van der Waals surface area (Å²) in [5.41, 5.74) is 9.56. The minimum absolute atomic E-state index is 0.0485. The molecular formula is C17H19N5O. The van der Waals surface area contributed by atoms with Crippen LogP contribution in [0.2, 0.25) is 0 Å². The number of carbonyl (C=O) groups is 1. The zero-order chi connectivity index (χ0) is 16.0. The molecule has 1 amide bonds. The van der Waals surface area contributed by atoms with Gasteiger partial charge in [0.1, 0.15) is 18.2 Å². The molecule has 1 aliphatic heterocycles. The fourth-order valence-electron chi connectivity index (χ4n) is 3.71. The Bertz CT molecular complexity index is 763. The molecule has 0 radical (unpaired) electrons. The average Bonchev–Trinajstić information content (AvgIpc) is 2.80. The maximum Gasteiger partial charge on any atom is 0.249 e. The molecule has 118 valence electrons. The van der Waals surface area contributed by atoms with Gasteiger partial charge in [0.15, 0.2) is 0 Å². The molecule has 2 atom stereocenters. The van der Waals surface area contributed by atoms with Crippen molar-refractivity contribution in [2.75, 3.05) is 7.05 Å². The van der Waals surface area contributed by atoms with Gasteiger partial charge in [-0.15, -0.1) is 0 Å². The Hall–Kier alpha value is -2.31. The first kappa shape index (κ1) is 14.3. The number of hydrogen-bond donors (Lipinski definition) is 2. The van der Waals surface area contributed by atoms with Gasteiger partial charge < -0.3 is 4.90 Å². The third-order valence-corrected chi connectivity index (χ3v) is 4.96. The fourth-order valence-corrected chi connectivity index (χ4v) is 3.71. The van der Waals surface area contributed by atoms with Gasteiger partial charge in [-0.05, 0) is 42.0 Å². The van der Waals surface area contributed by atoms with Crippen molar-refractivity contribution in [3.8, 4) is 11.1 Å². The van der Waals surface area contributed by atoms with Crippen molar-refractivity contribution in [3.05, 3.63) is 48.0 Å². The van der Waals surface area contributed by atoms with Gasteiger partial charge in [0, 0.05) is 25.0 Å². The second-order valence-electron chi connectivity index (χ2n) is 6.26. The third-order valence-electron chi connectivity index (χ3n) is 4.96. The normalized spacial score (nSPS) is 26.6. The smallest absolute Gasteiger partial charge is 0.249 e. The molecule has 2 unspecified atom stereocenters. The Morgan fingerprint density at radius 3 is 2.78 bits per heavy atom. The number of aromatic nitrogens is 2. The van der Waals surface area contributed by atoms with E-state index in [2.05, 4.69) is 33.5 Å². The predicted octanol–water partition coefficient (Wildman–Crippen LogP) is 0.979. The van der Waals surface area contributed by atoms with Crippen molar-refractivity contribution in [2.45, 2.75) is 31.1 Å². The molecule has 0 saturated carbocycles. The minimum Gasteiger partial charge on any atom is -0.316 e. The van der Waals surface area contributed by atoms with Gasteiger partial charge in [-0.2, -0.15) is 0 Å². The first-order valence-corrected chi connectivity index (χ1v) is 7.81. The van der Waals surface area contributed by atoms with E-state index >= 15 is 0 Å². The predicted molar refractivity (Wildman–Crippen MR) is 86.0 cm³/mol. The van der Waals surface area contributed by atoms with E-state index in [-0.39, 0.29) is 5.91 Å². The van der Waals surface area contributed by atoms with Crippen molar-refractivity contribution < 1.29 is 4.79 Å². The van der Waals surface area contributed by atoms with Crippen LogP contribution >= 0.6 is 0 Å². The van der Waals surface area contributed by atoms with Crippen molar-refractivity contribution >= 4 is 5.91 Å². The highest BCUT2D eigenvalue weighted by atomic mass is 16.2. The van der Waals surface area contributed by atoms with Crippen LogP contribution in [-0.4, -0.2) is 34.1 Å². The van der Waals surface area contributed by atoms with Gasteiger partial charge >= 0.3 is 0 Å². The Morgan fingerprint density at radius 2 is 2.09 bits per heavy atom. The molecule has 2 aromatic rings. The van der Waals surface area contributed by atoms with Crippen LogP contribution in [0, 0.1) is 0 Å². The summed E-state index contributed by atoms with van der Waals surface area (Å²) >= 11 is 0. The lowest BCUT2D eigenvalue weighted by Gasteiger charge is -2.34. The number of nitrogens with zero attached hydrogens (tertiary/aromatic N) is 3. The van der Waals surface area contributed by atoms with E-state index in [1.165, 1.54) is 11.9 Å². The highest BCUT2D eigenvalue weighted by Gasteiger charge is 2.51. The molecule has 1 aromatic carbocycles. The SMILES string of the molecule is CN1C(=O)C2(CCCc3ccc(-c4cncnc4)cc32)NC1N. The number of rotatable bonds is 1. The molecule has 6 heteroatoms. The molecule has 1 fully saturated rings. The summed E-state index contributed by atoms with van der Waals surface area (Å²) in [5, 5.41) is 3.33. The number of nitrogens with two attached hydrogens (primary N) is 1. The summed E-state index contributed by atoms with van der Waals surface area (Å²) in [4.78, 5) is 22.6. The largest absolute Gasteiger partial charge is 0.316 e. The average molecular weight is 309 g/mol. The van der Waals surface area contributed by atoms with Crippen molar-refractivity contribution in [2.24, 2.45) is 5.73 Å². The number of aryl methyl sites for hydroxylation is 1. The molecule has 3 N–H and O–H groups in total. The monoisotopic (exact) mass is 309 g/mol. The lowest BCUT2D eigenvalue weighted by Crippen LogP contribution is -2.48. The molecule has 0 bridgehead atoms. The van der Waals surface area contributed by atoms with Crippen LogP contribution in [0.1, 0.15) is 24.0 Å². The zero-order valence-electron chi connectivity index (χ0n) is 13.0. The molecule has 23 heavy (non-hydrogen) atoms. The molecular weight excluding hydrogens is 290 g/mol. The standard InChI is InChI=1S/C17H19N5O/c1-22-15(23)17(21-16(22)18)6-2-3-11-4-5-12(7-14(11)17)13-8-19-10-20-9-13/h4-5,7-10,16,21H,2-3,6,18H2,1H3. The quantitative estimate of drug-likeness (QED) is 0.820. The number of benzene rings is 1. The second kappa shape index (κ2) is 5.11. The maximum absolute atomic E-state index is 12.9. The van der Waals surface area contributed by atoms with Crippen LogP contribution in [0.4, 0.5) is 0 Å². The molecule has 1 aromatic heterocycles. The van der Waals surface area contributed by atoms with Crippen LogP contribution in [0.3, 0.4) is 0 Å². The molecule has 1 aliphatic carbocycles. The minimum atomic E-state index is -0.701. The van der Waals surface area contributed by atoms with Crippen molar-refractivity contribution in [1.29, 1.82) is 0 Å². The van der Waals surface area contributed by atoms with Gasteiger partial charge in [-0.25, -0.2) is 9.97 Å². The number of nitrogens with one attached hydrogen (secondary N) is 1. The number of carbonyl (C=O) groups excluding carboxylic acids is 1. The van der Waals surface area contributed by atoms with E-state index in [0.717, 1.165) is 36.0 Å². The van der Waals surface area contributed by atoms with Crippen molar-refractivity contribution in [1.82, 2.24) is 20.2 Å². The van der Waals surface area contributed by atoms with Gasteiger partial charge in [0.05, 0.1) is 0 Å². The van der Waals surface area contributed by atoms with Crippen LogP contribution in [0.25, 0.3) is 11.1 Å². The Balaban J connectivity index is 1.86. The van der Waals surface area contributed by atoms with Crippen molar-refractivity contribution in [3.63, 3.8) is 0 Å². The summed E-state index contributed by atoms with van der Waals surface area (Å²) in [6, 6.07) is 6.26. The Kier molecular flexibility index (Phi) is 3.18. The van der Waals surface area contributed by atoms with E-state index in [0.29, 0.717) is 0 Å². The fraction of sp³-hybridized carbons (Fsp3) is 0.353. The summed E-state index contributed by atoms with van der Waals surface area (Å²) in [7, 11) is 1.75. The van der Waals surface area contributed by atoms with E-state index in [1.807, 2.05) is 0 Å². The molecule has 1 saturated heterocycles. The number of fused-ring (bicyclic) bond motifs is 2. The first-order chi connectivity index (χ1) is 11.1. The lowest BCUT2D eigenvalue weighted by molar-refractivity contribution is -0.132. The highest BCUT2D eigenvalue weighted by molar-refractivity contribution is 5.91. The number of hydrogen-bond acceptors (Lipinski definition) is 5. The van der Waals surface area contributed by atoms with E-state index in [1.54, 1.807) is 24.3 Å². The first-order valence-electron chi connectivity index (χ1n) is 7.81. The van der Waals surface area contributed by atoms with Crippen LogP contribution < -0.4 is 11.1 Å². The van der Waals surface area contributed by atoms with Gasteiger partial charge in [-0.1, -0.05) is 12.1 Å². The van der Waals surface area contributed by atoms with Gasteiger partial charge in [-0.3, -0.25) is 15.8 Å². The van der Waals surface area contributed by atoms with E-state index in [4.69, 9.17) is 5.73 Å². The summed E-state index contributed by atoms with van der Waals surface area (Å²) in [6.07, 6.45) is 7.36. The van der Waals surface area contributed by atoms with Crippen LogP contribution in [-0.2, 0) is 16.8 Å². The molecule has 6 nitrogen and oxygen atoms in total. The van der Waals surface area contributed by atoms with Gasteiger partial charge in [0.2, 0.25) is 5.91 Å². The Morgan fingerprint density at radius 1 is 1.30 bits per heavy atom. The van der Waals surface area contributed by atoms with Crippen LogP contribution in [0.15, 0.2) is 36.9 Å². The van der Waals surface area contributed by atoms with E-state index in [9.17, 15) is 4.79 Å². The zero-order valence-corrected chi connectivity index (χ0v) is 13.0. The molecule has 4 rings (SSSR count). The maximum atomic E-state index is 12.9. The summed E-state index contributed by atoms with van der Waals surface area (Å²) in [6.45, 7) is 0. The summed E-state index contributed by atoms with van der Waals surface area (Å²) < 4.78 is 0. The number of likely N-dealkylation sites (N-methyl/N-ethyl adjacent to an activating group) is 1. The van der Waals surface area contributed by atoms with Gasteiger partial charge in [0.25, 0.3) is 0 Å². The third kappa shape index (κ3) is 2.06. The second-order valence-corrected chi connectivity index (χ2v) is 6.26.